The molecule has 0 saturated carbocycles. The normalized spacial score (nSPS) is 11.1. The van der Waals surface area contributed by atoms with Crippen LogP contribution in [-0.2, 0) is 4.46 Å². The van der Waals surface area contributed by atoms with Crippen LogP contribution in [0.15, 0.2) is 60.7 Å². The van der Waals surface area contributed by atoms with Crippen LogP contribution in [0.3, 0.4) is 0 Å². The third kappa shape index (κ3) is 3.18. The average Bonchev–Trinajstić information content (AvgIpc) is 2.39. The summed E-state index contributed by atoms with van der Waals surface area (Å²) < 4.78 is 14.9. The van der Waals surface area contributed by atoms with Crippen LogP contribution in [0.25, 0.3) is 0 Å². The molecule has 0 amide bonds. The zero-order valence-corrected chi connectivity index (χ0v) is 12.6. The molecule has 0 spiro atoms. The zero-order chi connectivity index (χ0) is 13.9. The van der Waals surface area contributed by atoms with E-state index < -0.39 is 8.84 Å². The molecule has 3 heteroatoms. The van der Waals surface area contributed by atoms with Crippen LogP contribution in [0.1, 0.15) is 20.8 Å². The van der Waals surface area contributed by atoms with Crippen LogP contribution in [0.5, 0.6) is 0 Å². The minimum absolute atomic E-state index is 0.187. The van der Waals surface area contributed by atoms with Crippen LogP contribution < -0.4 is 9.75 Å². The fraction of sp³-hybridized carbons (Fsp3) is 0.250. The summed E-state index contributed by atoms with van der Waals surface area (Å²) in [6.45, 7) is 6.27. The van der Waals surface area contributed by atoms with Gasteiger partial charge in [-0.3, -0.25) is 0 Å². The van der Waals surface area contributed by atoms with Crippen molar-refractivity contribution in [1.82, 2.24) is 0 Å². The number of nitrogens with zero attached hydrogens (tertiary/aromatic N) is 1. The van der Waals surface area contributed by atoms with Crippen LogP contribution in [0, 0.1) is 0 Å². The van der Waals surface area contributed by atoms with Crippen molar-refractivity contribution in [2.45, 2.75) is 26.3 Å². The standard InChI is InChI=1S/C16H19NOSi/c1-16(2,3)17(14-10-6-4-7-11-14)19(18)15-12-8-5-9-13-15/h4-13H,1-3H3. The maximum Gasteiger partial charge on any atom is 0.436 e. The van der Waals surface area contributed by atoms with E-state index in [1.165, 1.54) is 0 Å². The van der Waals surface area contributed by atoms with Gasteiger partial charge in [0.1, 0.15) is 0 Å². The highest BCUT2D eigenvalue weighted by Gasteiger charge is 2.30. The van der Waals surface area contributed by atoms with E-state index in [1.54, 1.807) is 0 Å². The molecule has 2 rings (SSSR count). The molecule has 0 aliphatic carbocycles. The van der Waals surface area contributed by atoms with Gasteiger partial charge in [-0.2, -0.15) is 0 Å². The quantitative estimate of drug-likeness (QED) is 0.798. The lowest BCUT2D eigenvalue weighted by Gasteiger charge is -2.36. The Bertz CT molecular complexity index is 546. The number of hydrogen-bond donors (Lipinski definition) is 0. The van der Waals surface area contributed by atoms with Crippen molar-refractivity contribution in [3.63, 3.8) is 0 Å². The highest BCUT2D eigenvalue weighted by Crippen LogP contribution is 2.22. The number of rotatable bonds is 3. The van der Waals surface area contributed by atoms with Gasteiger partial charge in [-0.05, 0) is 32.9 Å². The Hall–Kier alpha value is -1.74. The third-order valence-corrected chi connectivity index (χ3v) is 5.07. The molecule has 19 heavy (non-hydrogen) atoms. The molecule has 0 aromatic heterocycles. The van der Waals surface area contributed by atoms with Gasteiger partial charge in [0.2, 0.25) is 0 Å². The lowest BCUT2D eigenvalue weighted by molar-refractivity contribution is 0.522. The lowest BCUT2D eigenvalue weighted by atomic mass is 10.1. The Kier molecular flexibility index (Phi) is 3.95. The fourth-order valence-corrected chi connectivity index (χ4v) is 3.82. The maximum absolute atomic E-state index is 12.9. The number of para-hydroxylation sites is 1. The minimum atomic E-state index is -2.03. The van der Waals surface area contributed by atoms with E-state index in [9.17, 15) is 4.46 Å². The molecule has 0 saturated heterocycles. The zero-order valence-electron chi connectivity index (χ0n) is 11.6. The van der Waals surface area contributed by atoms with Gasteiger partial charge >= 0.3 is 8.84 Å². The largest absolute Gasteiger partial charge is 0.436 e. The molecule has 0 aliphatic heterocycles. The first-order valence-electron chi connectivity index (χ1n) is 6.45. The van der Waals surface area contributed by atoms with E-state index in [2.05, 4.69) is 20.8 Å². The summed E-state index contributed by atoms with van der Waals surface area (Å²) in [5.41, 5.74) is 0.815. The van der Waals surface area contributed by atoms with Crippen molar-refractivity contribution in [3.05, 3.63) is 60.7 Å². The van der Waals surface area contributed by atoms with E-state index in [0.717, 1.165) is 10.9 Å². The summed E-state index contributed by atoms with van der Waals surface area (Å²) in [6, 6.07) is 19.6. The minimum Gasteiger partial charge on any atom is -0.353 e. The van der Waals surface area contributed by atoms with Crippen molar-refractivity contribution in [3.8, 4) is 0 Å². The fourth-order valence-electron chi connectivity index (χ4n) is 2.10. The van der Waals surface area contributed by atoms with Crippen LogP contribution >= 0.6 is 0 Å². The first-order valence-corrected chi connectivity index (χ1v) is 7.80. The van der Waals surface area contributed by atoms with Gasteiger partial charge in [-0.15, -0.1) is 0 Å². The van der Waals surface area contributed by atoms with E-state index in [0.29, 0.717) is 0 Å². The Balaban J connectivity index is 2.43. The van der Waals surface area contributed by atoms with E-state index in [1.807, 2.05) is 65.2 Å². The Morgan fingerprint density at radius 1 is 0.842 bits per heavy atom. The number of hydrogen-bond acceptors (Lipinski definition) is 1. The molecule has 0 N–H and O–H groups in total. The molecule has 0 aliphatic rings. The van der Waals surface area contributed by atoms with Crippen molar-refractivity contribution in [2.24, 2.45) is 0 Å². The summed E-state index contributed by atoms with van der Waals surface area (Å²) in [5, 5.41) is 0.895. The second kappa shape index (κ2) is 5.49. The Morgan fingerprint density at radius 3 is 1.79 bits per heavy atom. The molecule has 0 bridgehead atoms. The molecule has 0 fully saturated rings. The Morgan fingerprint density at radius 2 is 1.32 bits per heavy atom. The smallest absolute Gasteiger partial charge is 0.353 e. The molecule has 98 valence electrons. The third-order valence-electron chi connectivity index (χ3n) is 2.91. The van der Waals surface area contributed by atoms with Crippen molar-refractivity contribution < 1.29 is 4.46 Å². The molecule has 2 nitrogen and oxygen atoms in total. The second-order valence-corrected chi connectivity index (χ2v) is 7.15. The number of benzene rings is 2. The maximum atomic E-state index is 12.9. The monoisotopic (exact) mass is 269 g/mol. The van der Waals surface area contributed by atoms with Crippen molar-refractivity contribution >= 4 is 19.7 Å². The van der Waals surface area contributed by atoms with E-state index >= 15 is 0 Å². The molecular weight excluding hydrogens is 250 g/mol. The molecule has 0 atom stereocenters. The van der Waals surface area contributed by atoms with Crippen LogP contribution in [-0.4, -0.2) is 14.4 Å². The van der Waals surface area contributed by atoms with Gasteiger partial charge in [0, 0.05) is 16.4 Å². The van der Waals surface area contributed by atoms with Gasteiger partial charge in [0.25, 0.3) is 0 Å². The summed E-state index contributed by atoms with van der Waals surface area (Å²) >= 11 is 0. The first-order chi connectivity index (χ1) is 9.00. The van der Waals surface area contributed by atoms with E-state index in [4.69, 9.17) is 0 Å². The first kappa shape index (κ1) is 13.7. The second-order valence-electron chi connectivity index (χ2n) is 5.51. The molecule has 0 radical (unpaired) electrons. The molecule has 2 aromatic rings. The van der Waals surface area contributed by atoms with Crippen molar-refractivity contribution in [1.29, 1.82) is 0 Å². The highest BCUT2D eigenvalue weighted by molar-refractivity contribution is 6.64. The van der Waals surface area contributed by atoms with Crippen LogP contribution in [0.4, 0.5) is 5.69 Å². The number of anilines is 1. The molecular formula is C16H19NOSi. The van der Waals surface area contributed by atoms with Gasteiger partial charge in [-0.1, -0.05) is 48.5 Å². The van der Waals surface area contributed by atoms with Gasteiger partial charge in [0.05, 0.1) is 0 Å². The summed E-state index contributed by atoms with van der Waals surface area (Å²) in [7, 11) is -2.03. The average molecular weight is 269 g/mol. The molecule has 2 aromatic carbocycles. The Labute approximate surface area is 116 Å². The molecule has 0 unspecified atom stereocenters. The topological polar surface area (TPSA) is 20.3 Å². The molecule has 0 heterocycles. The summed E-state index contributed by atoms with van der Waals surface area (Å²) in [5.74, 6) is 0. The van der Waals surface area contributed by atoms with Gasteiger partial charge < -0.3 is 9.03 Å². The summed E-state index contributed by atoms with van der Waals surface area (Å²) in [4.78, 5) is 0. The predicted octanol–water partition coefficient (Wildman–Crippen LogP) is 3.12. The summed E-state index contributed by atoms with van der Waals surface area (Å²) in [6.07, 6.45) is 0. The highest BCUT2D eigenvalue weighted by atomic mass is 28.3. The van der Waals surface area contributed by atoms with Gasteiger partial charge in [-0.25, -0.2) is 0 Å². The predicted molar refractivity (Wildman–Crippen MR) is 81.2 cm³/mol. The lowest BCUT2D eigenvalue weighted by Crippen LogP contribution is -2.52. The van der Waals surface area contributed by atoms with Crippen LogP contribution in [0.2, 0.25) is 0 Å². The van der Waals surface area contributed by atoms with Crippen molar-refractivity contribution in [2.75, 3.05) is 4.57 Å². The SMILES string of the molecule is CC(C)(C)N(c1ccccc1)[Si](=O)c1ccccc1. The van der Waals surface area contributed by atoms with E-state index in [-0.39, 0.29) is 5.54 Å². The van der Waals surface area contributed by atoms with Gasteiger partial charge in [0.15, 0.2) is 0 Å².